The maximum atomic E-state index is 5.97. The van der Waals surface area contributed by atoms with Crippen LogP contribution in [0.15, 0.2) is 42.7 Å². The molecular weight excluding hydrogens is 186 g/mol. The zero-order valence-electron chi connectivity index (χ0n) is 8.07. The van der Waals surface area contributed by atoms with Crippen molar-refractivity contribution < 1.29 is 4.98 Å². The molecule has 15 heavy (non-hydrogen) atoms. The van der Waals surface area contributed by atoms with E-state index in [1.165, 1.54) is 0 Å². The standard InChI is InChI=1S/C12H9N3/c13-10-7-8-3-1-5-14-11(8)12-9(10)4-2-6-15-12/h1-7H,13H2/p+1. The first-order valence-electron chi connectivity index (χ1n) is 4.80. The Morgan fingerprint density at radius 1 is 1.20 bits per heavy atom. The van der Waals surface area contributed by atoms with E-state index < -0.39 is 0 Å². The van der Waals surface area contributed by atoms with Gasteiger partial charge in [-0.25, -0.2) is 9.97 Å². The first kappa shape index (κ1) is 8.17. The van der Waals surface area contributed by atoms with Gasteiger partial charge in [-0.15, -0.1) is 0 Å². The van der Waals surface area contributed by atoms with Crippen molar-refractivity contribution in [1.82, 2.24) is 4.98 Å². The van der Waals surface area contributed by atoms with E-state index in [2.05, 4.69) is 9.97 Å². The summed E-state index contributed by atoms with van der Waals surface area (Å²) in [6.45, 7) is 0. The summed E-state index contributed by atoms with van der Waals surface area (Å²) in [7, 11) is 0. The molecule has 0 bridgehead atoms. The van der Waals surface area contributed by atoms with Crippen LogP contribution in [-0.4, -0.2) is 4.98 Å². The van der Waals surface area contributed by atoms with Crippen molar-refractivity contribution in [2.24, 2.45) is 0 Å². The molecule has 0 aliphatic rings. The summed E-state index contributed by atoms with van der Waals surface area (Å²) in [5.74, 6) is 0. The van der Waals surface area contributed by atoms with Crippen LogP contribution in [0.3, 0.4) is 0 Å². The van der Waals surface area contributed by atoms with Crippen molar-refractivity contribution in [3.8, 4) is 0 Å². The van der Waals surface area contributed by atoms with Gasteiger partial charge in [0, 0.05) is 23.3 Å². The number of nitrogen functional groups attached to an aromatic ring is 1. The van der Waals surface area contributed by atoms with Crippen LogP contribution < -0.4 is 10.7 Å². The molecule has 0 radical (unpaired) electrons. The fourth-order valence-corrected chi connectivity index (χ4v) is 1.86. The molecule has 0 saturated heterocycles. The number of fused-ring (bicyclic) bond motifs is 3. The zero-order chi connectivity index (χ0) is 10.3. The molecule has 0 saturated carbocycles. The number of H-pyrrole nitrogens is 1. The molecule has 0 spiro atoms. The summed E-state index contributed by atoms with van der Waals surface area (Å²) in [6, 6.07) is 9.83. The van der Waals surface area contributed by atoms with Crippen molar-refractivity contribution in [2.45, 2.75) is 0 Å². The zero-order valence-corrected chi connectivity index (χ0v) is 8.07. The SMILES string of the molecule is Nc1cc2ccc[nH+]c2c2ncccc12. The molecule has 0 amide bonds. The number of nitrogens with two attached hydrogens (primary N) is 1. The van der Waals surface area contributed by atoms with Gasteiger partial charge in [-0.1, -0.05) is 0 Å². The molecule has 3 aromatic rings. The van der Waals surface area contributed by atoms with Crippen LogP contribution in [0.2, 0.25) is 0 Å². The Hall–Kier alpha value is -2.16. The Morgan fingerprint density at radius 3 is 3.07 bits per heavy atom. The van der Waals surface area contributed by atoms with Crippen LogP contribution in [0.5, 0.6) is 0 Å². The summed E-state index contributed by atoms with van der Waals surface area (Å²) in [4.78, 5) is 7.56. The quantitative estimate of drug-likeness (QED) is 0.440. The van der Waals surface area contributed by atoms with Crippen LogP contribution in [-0.2, 0) is 0 Å². The molecule has 3 nitrogen and oxygen atoms in total. The third kappa shape index (κ3) is 1.13. The third-order valence-electron chi connectivity index (χ3n) is 2.55. The maximum Gasteiger partial charge on any atom is 0.237 e. The van der Waals surface area contributed by atoms with E-state index in [1.807, 2.05) is 36.5 Å². The molecule has 3 rings (SSSR count). The van der Waals surface area contributed by atoms with Gasteiger partial charge in [0.15, 0.2) is 6.20 Å². The van der Waals surface area contributed by atoms with Crippen molar-refractivity contribution in [3.63, 3.8) is 0 Å². The lowest BCUT2D eigenvalue weighted by molar-refractivity contribution is -0.343. The summed E-state index contributed by atoms with van der Waals surface area (Å²) in [5.41, 5.74) is 8.69. The summed E-state index contributed by atoms with van der Waals surface area (Å²) < 4.78 is 0. The second kappa shape index (κ2) is 2.92. The summed E-state index contributed by atoms with van der Waals surface area (Å²) in [5, 5.41) is 2.08. The second-order valence-electron chi connectivity index (χ2n) is 3.50. The van der Waals surface area contributed by atoms with Gasteiger partial charge in [-0.3, -0.25) is 0 Å². The van der Waals surface area contributed by atoms with E-state index in [1.54, 1.807) is 6.20 Å². The minimum absolute atomic E-state index is 0.769. The first-order valence-corrected chi connectivity index (χ1v) is 4.80. The van der Waals surface area contributed by atoms with E-state index in [-0.39, 0.29) is 0 Å². The van der Waals surface area contributed by atoms with E-state index >= 15 is 0 Å². The average Bonchev–Trinajstić information content (AvgIpc) is 2.30. The van der Waals surface area contributed by atoms with E-state index in [9.17, 15) is 0 Å². The molecule has 3 N–H and O–H groups in total. The number of hydrogen-bond donors (Lipinski definition) is 1. The molecule has 72 valence electrons. The van der Waals surface area contributed by atoms with Gasteiger partial charge < -0.3 is 5.73 Å². The Labute approximate surface area is 86.6 Å². The lowest BCUT2D eigenvalue weighted by Gasteiger charge is -2.01. The number of aromatic amines is 1. The lowest BCUT2D eigenvalue weighted by atomic mass is 10.1. The third-order valence-corrected chi connectivity index (χ3v) is 2.55. The molecule has 3 heteroatoms. The number of rotatable bonds is 0. The van der Waals surface area contributed by atoms with Crippen LogP contribution in [0.25, 0.3) is 21.8 Å². The fourth-order valence-electron chi connectivity index (χ4n) is 1.86. The van der Waals surface area contributed by atoms with Gasteiger partial charge in [0.25, 0.3) is 0 Å². The van der Waals surface area contributed by atoms with Crippen LogP contribution in [0.1, 0.15) is 0 Å². The molecule has 0 aliphatic carbocycles. The van der Waals surface area contributed by atoms with Gasteiger partial charge in [-0.05, 0) is 24.3 Å². The number of nitrogens with zero attached hydrogens (tertiary/aromatic N) is 1. The monoisotopic (exact) mass is 196 g/mol. The van der Waals surface area contributed by atoms with Gasteiger partial charge in [0.05, 0.1) is 5.39 Å². The Morgan fingerprint density at radius 2 is 2.13 bits per heavy atom. The normalized spacial score (nSPS) is 10.9. The highest BCUT2D eigenvalue weighted by atomic mass is 14.7. The lowest BCUT2D eigenvalue weighted by Crippen LogP contribution is -2.03. The molecule has 0 aliphatic heterocycles. The van der Waals surface area contributed by atoms with Crippen molar-refractivity contribution in [3.05, 3.63) is 42.7 Å². The van der Waals surface area contributed by atoms with Gasteiger partial charge in [0.2, 0.25) is 5.52 Å². The number of pyridine rings is 2. The predicted molar refractivity (Wildman–Crippen MR) is 60.2 cm³/mol. The Bertz CT molecular complexity index is 646. The van der Waals surface area contributed by atoms with Crippen LogP contribution >= 0.6 is 0 Å². The van der Waals surface area contributed by atoms with Crippen LogP contribution in [0, 0.1) is 0 Å². The topological polar surface area (TPSA) is 53.0 Å². The summed E-state index contributed by atoms with van der Waals surface area (Å²) >= 11 is 0. The molecule has 1 aromatic carbocycles. The van der Waals surface area contributed by atoms with Gasteiger partial charge in [-0.2, -0.15) is 0 Å². The van der Waals surface area contributed by atoms with Crippen molar-refractivity contribution in [2.75, 3.05) is 5.73 Å². The Balaban J connectivity index is 2.64. The number of anilines is 1. The van der Waals surface area contributed by atoms with E-state index in [0.717, 1.165) is 27.5 Å². The fraction of sp³-hybridized carbons (Fsp3) is 0. The van der Waals surface area contributed by atoms with E-state index in [0.29, 0.717) is 0 Å². The predicted octanol–water partition coefficient (Wildman–Crippen LogP) is 1.78. The van der Waals surface area contributed by atoms with E-state index in [4.69, 9.17) is 5.73 Å². The number of nitrogens with one attached hydrogen (secondary N) is 1. The van der Waals surface area contributed by atoms with Gasteiger partial charge in [0.1, 0.15) is 5.52 Å². The smallest absolute Gasteiger partial charge is 0.237 e. The number of benzene rings is 1. The largest absolute Gasteiger partial charge is 0.398 e. The maximum absolute atomic E-state index is 5.97. The summed E-state index contributed by atoms with van der Waals surface area (Å²) in [6.07, 6.45) is 3.68. The van der Waals surface area contributed by atoms with Crippen molar-refractivity contribution >= 4 is 27.5 Å². The average molecular weight is 196 g/mol. The molecule has 0 unspecified atom stereocenters. The molecule has 2 heterocycles. The number of aromatic nitrogens is 2. The molecule has 0 fully saturated rings. The number of hydrogen-bond acceptors (Lipinski definition) is 2. The highest BCUT2D eigenvalue weighted by molar-refractivity contribution is 6.06. The first-order chi connectivity index (χ1) is 7.36. The van der Waals surface area contributed by atoms with Gasteiger partial charge >= 0.3 is 0 Å². The highest BCUT2D eigenvalue weighted by Gasteiger charge is 2.09. The Kier molecular flexibility index (Phi) is 1.59. The minimum atomic E-state index is 0.769. The van der Waals surface area contributed by atoms with Crippen LogP contribution in [0.4, 0.5) is 5.69 Å². The van der Waals surface area contributed by atoms with Crippen molar-refractivity contribution in [1.29, 1.82) is 0 Å². The molecule has 2 aromatic heterocycles. The minimum Gasteiger partial charge on any atom is -0.398 e. The second-order valence-corrected chi connectivity index (χ2v) is 3.50. The molecule has 0 atom stereocenters. The highest BCUT2D eigenvalue weighted by Crippen LogP contribution is 2.25. The molecular formula is C12H10N3+.